The van der Waals surface area contributed by atoms with Gasteiger partial charge in [0.2, 0.25) is 0 Å². The van der Waals surface area contributed by atoms with Crippen molar-refractivity contribution < 1.29 is 4.79 Å². The number of carbonyl (C=O) groups is 1. The van der Waals surface area contributed by atoms with Crippen molar-refractivity contribution in [2.75, 3.05) is 18.4 Å². The standard InChI is InChI=1S/C17H24N2O/c20-17(12-19-15-6-2-1-3-7-15)14-8-9-16-13(11-14)5-4-10-18-16/h8-9,11,15,18-19H,1-7,10,12H2. The Hall–Kier alpha value is -1.35. The van der Waals surface area contributed by atoms with Crippen molar-refractivity contribution in [3.63, 3.8) is 0 Å². The molecule has 0 aromatic heterocycles. The topological polar surface area (TPSA) is 41.1 Å². The van der Waals surface area contributed by atoms with Crippen LogP contribution in [-0.4, -0.2) is 24.9 Å². The summed E-state index contributed by atoms with van der Waals surface area (Å²) in [4.78, 5) is 12.3. The van der Waals surface area contributed by atoms with Crippen LogP contribution in [0.5, 0.6) is 0 Å². The van der Waals surface area contributed by atoms with E-state index in [2.05, 4.69) is 22.8 Å². The van der Waals surface area contributed by atoms with E-state index in [4.69, 9.17) is 0 Å². The molecule has 1 saturated carbocycles. The van der Waals surface area contributed by atoms with E-state index in [1.807, 2.05) is 6.07 Å². The van der Waals surface area contributed by atoms with Crippen LogP contribution in [-0.2, 0) is 6.42 Å². The van der Waals surface area contributed by atoms with Gasteiger partial charge in [0.05, 0.1) is 6.54 Å². The maximum Gasteiger partial charge on any atom is 0.176 e. The number of anilines is 1. The zero-order chi connectivity index (χ0) is 13.8. The highest BCUT2D eigenvalue weighted by molar-refractivity contribution is 5.98. The zero-order valence-electron chi connectivity index (χ0n) is 12.1. The number of hydrogen-bond acceptors (Lipinski definition) is 3. The summed E-state index contributed by atoms with van der Waals surface area (Å²) < 4.78 is 0. The number of nitrogens with one attached hydrogen (secondary N) is 2. The van der Waals surface area contributed by atoms with Gasteiger partial charge in [-0.15, -0.1) is 0 Å². The highest BCUT2D eigenvalue weighted by Gasteiger charge is 2.16. The molecular formula is C17H24N2O. The molecule has 1 heterocycles. The Bertz CT molecular complexity index is 478. The van der Waals surface area contributed by atoms with E-state index in [0.717, 1.165) is 24.9 Å². The number of ketones is 1. The van der Waals surface area contributed by atoms with E-state index >= 15 is 0 Å². The van der Waals surface area contributed by atoms with Crippen LogP contribution in [0.15, 0.2) is 18.2 Å². The zero-order valence-corrected chi connectivity index (χ0v) is 12.1. The van der Waals surface area contributed by atoms with Gasteiger partial charge in [0.15, 0.2) is 5.78 Å². The minimum atomic E-state index is 0.226. The maximum atomic E-state index is 12.3. The average molecular weight is 272 g/mol. The number of hydrogen-bond donors (Lipinski definition) is 2. The predicted octanol–water partition coefficient (Wildman–Crippen LogP) is 3.15. The molecule has 0 radical (unpaired) electrons. The number of rotatable bonds is 4. The highest BCUT2D eigenvalue weighted by Crippen LogP contribution is 2.23. The maximum absolute atomic E-state index is 12.3. The Balaban J connectivity index is 1.59. The van der Waals surface area contributed by atoms with Crippen LogP contribution in [0.25, 0.3) is 0 Å². The molecule has 1 aromatic carbocycles. The summed E-state index contributed by atoms with van der Waals surface area (Å²) in [6.45, 7) is 1.53. The van der Waals surface area contributed by atoms with Crippen LogP contribution in [0.4, 0.5) is 5.69 Å². The molecule has 1 aliphatic carbocycles. The van der Waals surface area contributed by atoms with E-state index in [0.29, 0.717) is 12.6 Å². The molecule has 0 atom stereocenters. The van der Waals surface area contributed by atoms with Gasteiger partial charge in [0.25, 0.3) is 0 Å². The van der Waals surface area contributed by atoms with Crippen molar-refractivity contribution in [2.24, 2.45) is 0 Å². The summed E-state index contributed by atoms with van der Waals surface area (Å²) in [5, 5.41) is 6.82. The van der Waals surface area contributed by atoms with Crippen LogP contribution in [0.2, 0.25) is 0 Å². The monoisotopic (exact) mass is 272 g/mol. The van der Waals surface area contributed by atoms with Gasteiger partial charge in [-0.2, -0.15) is 0 Å². The van der Waals surface area contributed by atoms with Crippen LogP contribution in [0.1, 0.15) is 54.4 Å². The SMILES string of the molecule is O=C(CNC1CCCCC1)c1ccc2c(c1)CCCN2. The van der Waals surface area contributed by atoms with E-state index in [-0.39, 0.29) is 5.78 Å². The minimum absolute atomic E-state index is 0.226. The third-order valence-corrected chi connectivity index (χ3v) is 4.52. The summed E-state index contributed by atoms with van der Waals surface area (Å²) >= 11 is 0. The molecular weight excluding hydrogens is 248 g/mol. The van der Waals surface area contributed by atoms with Gasteiger partial charge in [0, 0.05) is 23.8 Å². The number of Topliss-reactive ketones (excluding diaryl/α,β-unsaturated/α-hetero) is 1. The third-order valence-electron chi connectivity index (χ3n) is 4.52. The highest BCUT2D eigenvalue weighted by atomic mass is 16.1. The molecule has 0 spiro atoms. The summed E-state index contributed by atoms with van der Waals surface area (Å²) in [5.74, 6) is 0.226. The normalized spacial score (nSPS) is 19.2. The fourth-order valence-corrected chi connectivity index (χ4v) is 3.29. The van der Waals surface area contributed by atoms with Crippen molar-refractivity contribution in [1.29, 1.82) is 0 Å². The molecule has 0 unspecified atom stereocenters. The number of carbonyl (C=O) groups excluding carboxylic acids is 1. The van der Waals surface area contributed by atoms with Crippen LogP contribution in [0, 0.1) is 0 Å². The second-order valence-electron chi connectivity index (χ2n) is 6.04. The van der Waals surface area contributed by atoms with Crippen molar-refractivity contribution in [3.05, 3.63) is 29.3 Å². The first-order valence-corrected chi connectivity index (χ1v) is 7.96. The van der Waals surface area contributed by atoms with Gasteiger partial charge in [-0.25, -0.2) is 0 Å². The Labute approximate surface area is 121 Å². The first-order chi connectivity index (χ1) is 9.83. The molecule has 20 heavy (non-hydrogen) atoms. The van der Waals surface area contributed by atoms with Gasteiger partial charge in [-0.05, 0) is 49.4 Å². The molecule has 1 aliphatic heterocycles. The quantitative estimate of drug-likeness (QED) is 0.827. The van der Waals surface area contributed by atoms with Crippen LogP contribution in [0.3, 0.4) is 0 Å². The molecule has 0 amide bonds. The van der Waals surface area contributed by atoms with E-state index in [1.54, 1.807) is 0 Å². The van der Waals surface area contributed by atoms with E-state index in [1.165, 1.54) is 43.4 Å². The molecule has 3 rings (SSSR count). The second kappa shape index (κ2) is 6.40. The predicted molar refractivity (Wildman–Crippen MR) is 82.5 cm³/mol. The largest absolute Gasteiger partial charge is 0.385 e. The Kier molecular flexibility index (Phi) is 4.36. The van der Waals surface area contributed by atoms with Gasteiger partial charge in [-0.1, -0.05) is 19.3 Å². The smallest absolute Gasteiger partial charge is 0.176 e. The van der Waals surface area contributed by atoms with Gasteiger partial charge in [0.1, 0.15) is 0 Å². The Morgan fingerprint density at radius 3 is 2.90 bits per heavy atom. The molecule has 1 fully saturated rings. The lowest BCUT2D eigenvalue weighted by atomic mass is 9.95. The Morgan fingerprint density at radius 2 is 2.05 bits per heavy atom. The van der Waals surface area contributed by atoms with Crippen molar-refractivity contribution in [1.82, 2.24) is 5.32 Å². The summed E-state index contributed by atoms with van der Waals surface area (Å²) in [5.41, 5.74) is 3.35. The summed E-state index contributed by atoms with van der Waals surface area (Å²) in [6, 6.07) is 6.64. The number of fused-ring (bicyclic) bond motifs is 1. The first kappa shape index (κ1) is 13.6. The third kappa shape index (κ3) is 3.21. The van der Waals surface area contributed by atoms with Crippen molar-refractivity contribution in [2.45, 2.75) is 51.0 Å². The number of benzene rings is 1. The first-order valence-electron chi connectivity index (χ1n) is 7.96. The molecule has 0 saturated heterocycles. The Morgan fingerprint density at radius 1 is 1.20 bits per heavy atom. The summed E-state index contributed by atoms with van der Waals surface area (Å²) in [6.07, 6.45) is 8.64. The van der Waals surface area contributed by atoms with E-state index in [9.17, 15) is 4.79 Å². The van der Waals surface area contributed by atoms with Crippen LogP contribution >= 0.6 is 0 Å². The lowest BCUT2D eigenvalue weighted by Crippen LogP contribution is -2.35. The lowest BCUT2D eigenvalue weighted by molar-refractivity contribution is 0.0984. The van der Waals surface area contributed by atoms with Crippen LogP contribution < -0.4 is 10.6 Å². The molecule has 108 valence electrons. The van der Waals surface area contributed by atoms with Gasteiger partial charge < -0.3 is 10.6 Å². The van der Waals surface area contributed by atoms with E-state index < -0.39 is 0 Å². The summed E-state index contributed by atoms with van der Waals surface area (Å²) in [7, 11) is 0. The second-order valence-corrected chi connectivity index (χ2v) is 6.04. The van der Waals surface area contributed by atoms with Gasteiger partial charge in [-0.3, -0.25) is 4.79 Å². The average Bonchev–Trinajstić information content (AvgIpc) is 2.53. The fraction of sp³-hybridized carbons (Fsp3) is 0.588. The lowest BCUT2D eigenvalue weighted by Gasteiger charge is -2.22. The molecule has 2 N–H and O–H groups in total. The van der Waals surface area contributed by atoms with Crippen molar-refractivity contribution >= 4 is 11.5 Å². The molecule has 2 aliphatic rings. The van der Waals surface area contributed by atoms with Crippen molar-refractivity contribution in [3.8, 4) is 0 Å². The molecule has 0 bridgehead atoms. The van der Waals surface area contributed by atoms with Gasteiger partial charge >= 0.3 is 0 Å². The molecule has 3 heteroatoms. The molecule has 1 aromatic rings. The fourth-order valence-electron chi connectivity index (χ4n) is 3.29. The molecule has 3 nitrogen and oxygen atoms in total. The minimum Gasteiger partial charge on any atom is -0.385 e. The number of aryl methyl sites for hydroxylation is 1.